The molecule has 0 aliphatic heterocycles. The molecule has 3 unspecified atom stereocenters. The van der Waals surface area contributed by atoms with Crippen molar-refractivity contribution in [1.82, 2.24) is 0 Å². The fraction of sp³-hybridized carbons (Fsp3) is 0.943. The molecule has 19 heteroatoms. The summed E-state index contributed by atoms with van der Waals surface area (Å²) in [5, 5.41) is 10.6. The Morgan fingerprint density at radius 2 is 0.573 bits per heavy atom. The molecule has 0 aliphatic rings. The largest absolute Gasteiger partial charge is 0.472 e. The molecule has 0 radical (unpaired) electrons. The standard InChI is InChI=1S/C70H136O17P2/c1-7-10-12-14-16-18-20-25-29-33-40-46-52-67(72)80-58-65(86-70(75)55-49-43-35-31-27-23-22-24-28-32-38-44-50-62(4)5)60-84-88(76,77)82-56-64(71)57-83-89(78,79)85-61-66(59-81-68(73)53-47-41-37-36-39-45-51-63(6)9-3)87-69(74)54-48-42-34-30-26-21-19-17-15-13-11-8-2/h62-66,71H,7-61H2,1-6H3,(H,76,77)(H,78,79)/t63?,64-,65-,66-/m1/s1. The minimum atomic E-state index is -4.95. The maximum absolute atomic E-state index is 13.0. The highest BCUT2D eigenvalue weighted by atomic mass is 31.2. The van der Waals surface area contributed by atoms with E-state index in [4.69, 9.17) is 37.0 Å². The summed E-state index contributed by atoms with van der Waals surface area (Å²) in [7, 11) is -9.90. The first kappa shape index (κ1) is 87.1. The first-order chi connectivity index (χ1) is 42.9. The molecular weight excluding hydrogens is 1170 g/mol. The Balaban J connectivity index is 5.25. The quantitative estimate of drug-likeness (QED) is 0.0222. The van der Waals surface area contributed by atoms with Gasteiger partial charge in [0.1, 0.15) is 19.3 Å². The number of phosphoric acid groups is 2. The van der Waals surface area contributed by atoms with Crippen LogP contribution in [0.2, 0.25) is 0 Å². The molecule has 0 heterocycles. The van der Waals surface area contributed by atoms with E-state index in [0.29, 0.717) is 25.7 Å². The maximum atomic E-state index is 13.0. The highest BCUT2D eigenvalue weighted by molar-refractivity contribution is 7.47. The Morgan fingerprint density at radius 1 is 0.326 bits per heavy atom. The molecule has 89 heavy (non-hydrogen) atoms. The van der Waals surface area contributed by atoms with Gasteiger partial charge in [-0.05, 0) is 37.5 Å². The van der Waals surface area contributed by atoms with Crippen LogP contribution in [0.3, 0.4) is 0 Å². The van der Waals surface area contributed by atoms with Crippen molar-refractivity contribution < 1.29 is 80.2 Å². The molecule has 0 spiro atoms. The number of ether oxygens (including phenoxy) is 4. The Morgan fingerprint density at radius 3 is 0.854 bits per heavy atom. The normalized spacial score (nSPS) is 14.4. The van der Waals surface area contributed by atoms with Crippen molar-refractivity contribution in [1.29, 1.82) is 0 Å². The summed E-state index contributed by atoms with van der Waals surface area (Å²) in [4.78, 5) is 72.5. The van der Waals surface area contributed by atoms with Crippen LogP contribution in [0.5, 0.6) is 0 Å². The van der Waals surface area contributed by atoms with Gasteiger partial charge in [-0.1, -0.05) is 305 Å². The highest BCUT2D eigenvalue weighted by Gasteiger charge is 2.30. The Labute approximate surface area is 543 Å². The molecule has 0 saturated carbocycles. The predicted molar refractivity (Wildman–Crippen MR) is 358 cm³/mol. The first-order valence-corrected chi connectivity index (χ1v) is 39.5. The molecule has 0 saturated heterocycles. The third-order valence-electron chi connectivity index (χ3n) is 16.6. The number of carbonyl (C=O) groups excluding carboxylic acids is 4. The third kappa shape index (κ3) is 63.2. The van der Waals surface area contributed by atoms with E-state index in [2.05, 4.69) is 41.5 Å². The van der Waals surface area contributed by atoms with Crippen molar-refractivity contribution in [2.45, 2.75) is 374 Å². The van der Waals surface area contributed by atoms with Gasteiger partial charge >= 0.3 is 39.5 Å². The zero-order valence-corrected chi connectivity index (χ0v) is 59.5. The van der Waals surface area contributed by atoms with Gasteiger partial charge in [0.2, 0.25) is 0 Å². The zero-order chi connectivity index (χ0) is 65.7. The molecule has 17 nitrogen and oxygen atoms in total. The monoisotopic (exact) mass is 1310 g/mol. The van der Waals surface area contributed by atoms with Crippen LogP contribution >= 0.6 is 15.6 Å². The van der Waals surface area contributed by atoms with Crippen LogP contribution < -0.4 is 0 Å². The SMILES string of the molecule is CCCCCCCCCCCCCCC(=O)OC[C@H](COP(=O)(O)OC[C@@H](O)COP(=O)(O)OC[C@@H](COC(=O)CCCCCCCCC(C)CC)OC(=O)CCCCCCCCCCCCCC)OC(=O)CCCCCCCCCCCCCCC(C)C. The average Bonchev–Trinajstić information content (AvgIpc) is 3.71. The van der Waals surface area contributed by atoms with Crippen LogP contribution in [0, 0.1) is 11.8 Å². The lowest BCUT2D eigenvalue weighted by Crippen LogP contribution is -2.30. The van der Waals surface area contributed by atoms with Gasteiger partial charge in [-0.2, -0.15) is 0 Å². The van der Waals surface area contributed by atoms with Gasteiger partial charge in [-0.3, -0.25) is 37.3 Å². The summed E-state index contributed by atoms with van der Waals surface area (Å²) >= 11 is 0. The molecule has 528 valence electrons. The summed E-state index contributed by atoms with van der Waals surface area (Å²) in [5.41, 5.74) is 0. The molecule has 6 atom stereocenters. The van der Waals surface area contributed by atoms with E-state index < -0.39 is 97.5 Å². The van der Waals surface area contributed by atoms with Crippen LogP contribution in [-0.4, -0.2) is 96.7 Å². The van der Waals surface area contributed by atoms with Crippen molar-refractivity contribution in [2.24, 2.45) is 11.8 Å². The van der Waals surface area contributed by atoms with Gasteiger partial charge < -0.3 is 33.8 Å². The summed E-state index contributed by atoms with van der Waals surface area (Å²) in [6, 6.07) is 0. The second kappa shape index (κ2) is 62.2. The molecule has 3 N–H and O–H groups in total. The van der Waals surface area contributed by atoms with Crippen LogP contribution in [0.1, 0.15) is 356 Å². The van der Waals surface area contributed by atoms with Gasteiger partial charge in [0.05, 0.1) is 26.4 Å². The molecular formula is C70H136O17P2. The number of phosphoric ester groups is 2. The van der Waals surface area contributed by atoms with E-state index in [1.54, 1.807) is 0 Å². The van der Waals surface area contributed by atoms with E-state index in [1.807, 2.05) is 0 Å². The average molecular weight is 1310 g/mol. The van der Waals surface area contributed by atoms with Crippen LogP contribution in [0.25, 0.3) is 0 Å². The number of aliphatic hydroxyl groups is 1. The molecule has 0 rings (SSSR count). The smallest absolute Gasteiger partial charge is 0.462 e. The predicted octanol–water partition coefficient (Wildman–Crippen LogP) is 20.0. The molecule has 0 aromatic carbocycles. The van der Waals surface area contributed by atoms with Crippen LogP contribution in [-0.2, 0) is 65.4 Å². The topological polar surface area (TPSA) is 237 Å². The lowest BCUT2D eigenvalue weighted by Gasteiger charge is -2.21. The van der Waals surface area contributed by atoms with E-state index in [0.717, 1.165) is 108 Å². The second-order valence-corrected chi connectivity index (χ2v) is 28.9. The van der Waals surface area contributed by atoms with Crippen molar-refractivity contribution in [2.75, 3.05) is 39.6 Å². The number of hydrogen-bond donors (Lipinski definition) is 3. The molecule has 0 aliphatic carbocycles. The Hall–Kier alpha value is -1.94. The molecule has 0 amide bonds. The van der Waals surface area contributed by atoms with Gasteiger partial charge in [-0.15, -0.1) is 0 Å². The fourth-order valence-corrected chi connectivity index (χ4v) is 12.1. The first-order valence-electron chi connectivity index (χ1n) is 36.5. The van der Waals surface area contributed by atoms with E-state index in [-0.39, 0.29) is 25.7 Å². The highest BCUT2D eigenvalue weighted by Crippen LogP contribution is 2.45. The van der Waals surface area contributed by atoms with Crippen molar-refractivity contribution in [3.63, 3.8) is 0 Å². The molecule has 0 aromatic rings. The summed E-state index contributed by atoms with van der Waals surface area (Å²) < 4.78 is 68.3. The summed E-state index contributed by atoms with van der Waals surface area (Å²) in [6.45, 7) is 9.52. The Kier molecular flexibility index (Phi) is 60.8. The number of hydrogen-bond acceptors (Lipinski definition) is 15. The number of aliphatic hydroxyl groups excluding tert-OH is 1. The van der Waals surface area contributed by atoms with Gasteiger partial charge in [0.25, 0.3) is 0 Å². The zero-order valence-electron chi connectivity index (χ0n) is 57.7. The minimum absolute atomic E-state index is 0.106. The van der Waals surface area contributed by atoms with Crippen molar-refractivity contribution >= 4 is 39.5 Å². The van der Waals surface area contributed by atoms with Crippen LogP contribution in [0.4, 0.5) is 0 Å². The van der Waals surface area contributed by atoms with Crippen LogP contribution in [0.15, 0.2) is 0 Å². The molecule has 0 fully saturated rings. The van der Waals surface area contributed by atoms with E-state index in [1.165, 1.54) is 167 Å². The Bertz CT molecular complexity index is 1740. The molecule has 0 bridgehead atoms. The summed E-state index contributed by atoms with van der Waals surface area (Å²) in [5.74, 6) is -0.615. The van der Waals surface area contributed by atoms with Gasteiger partial charge in [0.15, 0.2) is 12.2 Å². The number of esters is 4. The lowest BCUT2D eigenvalue weighted by molar-refractivity contribution is -0.161. The van der Waals surface area contributed by atoms with Crippen molar-refractivity contribution in [3.8, 4) is 0 Å². The third-order valence-corrected chi connectivity index (χ3v) is 18.5. The van der Waals surface area contributed by atoms with E-state index >= 15 is 0 Å². The lowest BCUT2D eigenvalue weighted by atomic mass is 10.00. The van der Waals surface area contributed by atoms with Gasteiger partial charge in [-0.25, -0.2) is 9.13 Å². The van der Waals surface area contributed by atoms with Gasteiger partial charge in [0, 0.05) is 25.7 Å². The molecule has 0 aromatic heterocycles. The number of unbranched alkanes of at least 4 members (excludes halogenated alkanes) is 38. The number of carbonyl (C=O) groups is 4. The number of rotatable bonds is 69. The summed E-state index contributed by atoms with van der Waals surface area (Å²) in [6.07, 6.45) is 47.0. The van der Waals surface area contributed by atoms with E-state index in [9.17, 15) is 43.2 Å². The minimum Gasteiger partial charge on any atom is -0.462 e. The second-order valence-electron chi connectivity index (χ2n) is 26.0. The fourth-order valence-electron chi connectivity index (χ4n) is 10.6. The maximum Gasteiger partial charge on any atom is 0.472 e. The van der Waals surface area contributed by atoms with Crippen molar-refractivity contribution in [3.05, 3.63) is 0 Å².